The summed E-state index contributed by atoms with van der Waals surface area (Å²) in [7, 11) is 0. The number of aromatic nitrogens is 2. The van der Waals surface area contributed by atoms with Crippen LogP contribution in [0.4, 0.5) is 4.39 Å². The SMILES string of the molecule is Cc1nn(Cc2cccc(Br)c2)c(=O)c(CCc2cccc(F)c2)c1-c1ccccc1O. The second-order valence-electron chi connectivity index (χ2n) is 7.68. The summed E-state index contributed by atoms with van der Waals surface area (Å²) in [5.74, 6) is -0.213. The number of nitrogens with zero attached hydrogens (tertiary/aromatic N) is 2. The quantitative estimate of drug-likeness (QED) is 0.377. The molecule has 32 heavy (non-hydrogen) atoms. The zero-order chi connectivity index (χ0) is 22.7. The van der Waals surface area contributed by atoms with Crippen molar-refractivity contribution < 1.29 is 9.50 Å². The molecule has 162 valence electrons. The van der Waals surface area contributed by atoms with Crippen molar-refractivity contribution in [3.63, 3.8) is 0 Å². The third-order valence-corrected chi connectivity index (χ3v) is 5.87. The van der Waals surface area contributed by atoms with E-state index < -0.39 is 0 Å². The Morgan fingerprint density at radius 2 is 1.72 bits per heavy atom. The van der Waals surface area contributed by atoms with Crippen LogP contribution in [0.3, 0.4) is 0 Å². The fourth-order valence-electron chi connectivity index (χ4n) is 3.91. The highest BCUT2D eigenvalue weighted by Crippen LogP contribution is 2.32. The maximum absolute atomic E-state index is 13.7. The topological polar surface area (TPSA) is 55.1 Å². The summed E-state index contributed by atoms with van der Waals surface area (Å²) in [5, 5.41) is 15.0. The van der Waals surface area contributed by atoms with Crippen molar-refractivity contribution in [3.8, 4) is 16.9 Å². The number of aromatic hydroxyl groups is 1. The molecule has 4 aromatic rings. The molecule has 0 saturated carbocycles. The van der Waals surface area contributed by atoms with Gasteiger partial charge in [-0.1, -0.05) is 58.4 Å². The van der Waals surface area contributed by atoms with Crippen LogP contribution in [0.5, 0.6) is 5.75 Å². The predicted octanol–water partition coefficient (Wildman–Crippen LogP) is 5.66. The highest BCUT2D eigenvalue weighted by atomic mass is 79.9. The van der Waals surface area contributed by atoms with E-state index in [-0.39, 0.29) is 17.1 Å². The first-order valence-electron chi connectivity index (χ1n) is 10.3. The monoisotopic (exact) mass is 492 g/mol. The highest BCUT2D eigenvalue weighted by Gasteiger charge is 2.19. The molecule has 1 N–H and O–H groups in total. The average molecular weight is 493 g/mol. The fourth-order valence-corrected chi connectivity index (χ4v) is 4.36. The Morgan fingerprint density at radius 3 is 2.47 bits per heavy atom. The molecule has 0 aliphatic rings. The lowest BCUT2D eigenvalue weighted by Gasteiger charge is -2.16. The standard InChI is InChI=1S/C26H22BrFN2O2/c1-17-25(22-10-2-3-11-24(22)31)23(13-12-18-6-5-9-21(28)15-18)26(32)30(29-17)16-19-7-4-8-20(27)14-19/h2-11,14-15,31H,12-13,16H2,1H3. The van der Waals surface area contributed by atoms with Gasteiger partial charge >= 0.3 is 0 Å². The highest BCUT2D eigenvalue weighted by molar-refractivity contribution is 9.10. The van der Waals surface area contributed by atoms with Crippen LogP contribution < -0.4 is 5.56 Å². The van der Waals surface area contributed by atoms with Gasteiger partial charge in [0.15, 0.2) is 0 Å². The molecule has 0 aliphatic carbocycles. The lowest BCUT2D eigenvalue weighted by molar-refractivity contribution is 0.477. The van der Waals surface area contributed by atoms with E-state index in [0.717, 1.165) is 15.6 Å². The van der Waals surface area contributed by atoms with Crippen molar-refractivity contribution in [2.75, 3.05) is 0 Å². The van der Waals surface area contributed by atoms with E-state index >= 15 is 0 Å². The van der Waals surface area contributed by atoms with Crippen LogP contribution in [-0.2, 0) is 19.4 Å². The van der Waals surface area contributed by atoms with Gasteiger partial charge in [0.1, 0.15) is 11.6 Å². The zero-order valence-corrected chi connectivity index (χ0v) is 19.1. The van der Waals surface area contributed by atoms with Gasteiger partial charge in [0.2, 0.25) is 0 Å². The molecule has 6 heteroatoms. The number of para-hydroxylation sites is 1. The van der Waals surface area contributed by atoms with Gasteiger partial charge in [-0.05, 0) is 61.2 Å². The fraction of sp³-hybridized carbons (Fsp3) is 0.154. The molecular weight excluding hydrogens is 471 g/mol. The Hall–Kier alpha value is -3.25. The summed E-state index contributed by atoms with van der Waals surface area (Å²) < 4.78 is 16.0. The summed E-state index contributed by atoms with van der Waals surface area (Å²) in [6.45, 7) is 2.16. The normalized spacial score (nSPS) is 11.0. The summed E-state index contributed by atoms with van der Waals surface area (Å²) >= 11 is 3.46. The van der Waals surface area contributed by atoms with Crippen molar-refractivity contribution in [2.45, 2.75) is 26.3 Å². The van der Waals surface area contributed by atoms with Crippen LogP contribution >= 0.6 is 15.9 Å². The van der Waals surface area contributed by atoms with E-state index in [4.69, 9.17) is 0 Å². The first-order chi connectivity index (χ1) is 15.4. The summed E-state index contributed by atoms with van der Waals surface area (Å²) in [6.07, 6.45) is 0.891. The molecule has 0 atom stereocenters. The van der Waals surface area contributed by atoms with Gasteiger partial charge < -0.3 is 5.11 Å². The van der Waals surface area contributed by atoms with Gasteiger partial charge in [-0.2, -0.15) is 5.10 Å². The first kappa shape index (κ1) is 22.0. The molecule has 0 aliphatic heterocycles. The maximum atomic E-state index is 13.7. The van der Waals surface area contributed by atoms with E-state index in [2.05, 4.69) is 21.0 Å². The van der Waals surface area contributed by atoms with Crippen molar-refractivity contribution in [1.29, 1.82) is 0 Å². The molecule has 1 heterocycles. The second-order valence-corrected chi connectivity index (χ2v) is 8.59. The number of rotatable bonds is 6. The van der Waals surface area contributed by atoms with E-state index in [1.54, 1.807) is 24.3 Å². The van der Waals surface area contributed by atoms with Crippen molar-refractivity contribution in [1.82, 2.24) is 9.78 Å². The molecule has 3 aromatic carbocycles. The van der Waals surface area contributed by atoms with E-state index in [1.807, 2.05) is 43.3 Å². The number of phenols is 1. The van der Waals surface area contributed by atoms with Crippen molar-refractivity contribution in [2.24, 2.45) is 0 Å². The minimum Gasteiger partial charge on any atom is -0.507 e. The minimum absolute atomic E-state index is 0.0912. The number of aryl methyl sites for hydroxylation is 2. The Kier molecular flexibility index (Phi) is 6.51. The summed E-state index contributed by atoms with van der Waals surface area (Å²) in [4.78, 5) is 13.5. The Morgan fingerprint density at radius 1 is 0.969 bits per heavy atom. The molecule has 0 unspecified atom stereocenters. The van der Waals surface area contributed by atoms with Crippen LogP contribution in [0.25, 0.3) is 11.1 Å². The third-order valence-electron chi connectivity index (χ3n) is 5.37. The lowest BCUT2D eigenvalue weighted by Crippen LogP contribution is -2.29. The molecule has 1 aromatic heterocycles. The van der Waals surface area contributed by atoms with E-state index in [1.165, 1.54) is 16.8 Å². The minimum atomic E-state index is -0.304. The van der Waals surface area contributed by atoms with Crippen LogP contribution in [0, 0.1) is 12.7 Å². The molecule has 0 amide bonds. The molecule has 0 bridgehead atoms. The van der Waals surface area contributed by atoms with Gasteiger partial charge in [0.25, 0.3) is 5.56 Å². The zero-order valence-electron chi connectivity index (χ0n) is 17.6. The van der Waals surface area contributed by atoms with Crippen LogP contribution in [0.15, 0.2) is 82.1 Å². The molecule has 0 spiro atoms. The van der Waals surface area contributed by atoms with Gasteiger partial charge in [0.05, 0.1) is 12.2 Å². The van der Waals surface area contributed by atoms with Crippen LogP contribution in [0.2, 0.25) is 0 Å². The van der Waals surface area contributed by atoms with Crippen LogP contribution in [0.1, 0.15) is 22.4 Å². The number of phenolic OH excluding ortho intramolecular Hbond substituents is 1. The van der Waals surface area contributed by atoms with Gasteiger partial charge in [-0.15, -0.1) is 0 Å². The molecule has 4 nitrogen and oxygen atoms in total. The molecular formula is C26H22BrFN2O2. The third kappa shape index (κ3) is 4.81. The number of halogens is 2. The second kappa shape index (κ2) is 9.49. The number of benzene rings is 3. The Bertz CT molecular complexity index is 1330. The summed E-state index contributed by atoms with van der Waals surface area (Å²) in [5.41, 5.74) is 3.94. The van der Waals surface area contributed by atoms with Gasteiger partial charge in [0, 0.05) is 21.2 Å². The Balaban J connectivity index is 1.81. The number of hydrogen-bond acceptors (Lipinski definition) is 3. The molecule has 4 rings (SSSR count). The average Bonchev–Trinajstić information content (AvgIpc) is 2.76. The smallest absolute Gasteiger partial charge is 0.270 e. The molecule has 0 fully saturated rings. The van der Waals surface area contributed by atoms with Gasteiger partial charge in [-0.25, -0.2) is 9.07 Å². The van der Waals surface area contributed by atoms with E-state index in [9.17, 15) is 14.3 Å². The summed E-state index contributed by atoms with van der Waals surface area (Å²) in [6, 6.07) is 21.1. The largest absolute Gasteiger partial charge is 0.507 e. The van der Waals surface area contributed by atoms with Gasteiger partial charge in [-0.3, -0.25) is 4.79 Å². The lowest BCUT2D eigenvalue weighted by atomic mass is 9.94. The van der Waals surface area contributed by atoms with Crippen molar-refractivity contribution >= 4 is 15.9 Å². The van der Waals surface area contributed by atoms with Crippen molar-refractivity contribution in [3.05, 3.63) is 116 Å². The number of hydrogen-bond donors (Lipinski definition) is 1. The predicted molar refractivity (Wildman–Crippen MR) is 127 cm³/mol. The maximum Gasteiger partial charge on any atom is 0.270 e. The van der Waals surface area contributed by atoms with Crippen LogP contribution in [-0.4, -0.2) is 14.9 Å². The first-order valence-corrected chi connectivity index (χ1v) is 11.1. The molecule has 0 saturated heterocycles. The van der Waals surface area contributed by atoms with E-state index in [0.29, 0.717) is 41.8 Å². The Labute approximate surface area is 194 Å². The molecule has 0 radical (unpaired) electrons.